The summed E-state index contributed by atoms with van der Waals surface area (Å²) < 4.78 is 12.3. The zero-order valence-corrected chi connectivity index (χ0v) is 18.1. The van der Waals surface area contributed by atoms with Gasteiger partial charge in [0.2, 0.25) is 0 Å². The first kappa shape index (κ1) is 22.9. The van der Waals surface area contributed by atoms with Gasteiger partial charge in [0.15, 0.2) is 0 Å². The smallest absolute Gasteiger partial charge is 0.0681 e. The number of ether oxygens (including phenoxy) is 2. The second-order valence-corrected chi connectivity index (χ2v) is 10.3. The molecule has 0 radical (unpaired) electrons. The van der Waals surface area contributed by atoms with Crippen LogP contribution in [0.4, 0.5) is 0 Å². The third-order valence-electron chi connectivity index (χ3n) is 6.13. The molecule has 0 aromatic carbocycles. The zero-order chi connectivity index (χ0) is 18.7. The number of hydrogen-bond acceptors (Lipinski definition) is 2. The Hall–Kier alpha value is -0.0800. The summed E-state index contributed by atoms with van der Waals surface area (Å²) in [6, 6.07) is 0. The van der Waals surface area contributed by atoms with E-state index in [1.54, 1.807) is 0 Å². The lowest BCUT2D eigenvalue weighted by Crippen LogP contribution is -2.46. The van der Waals surface area contributed by atoms with Crippen molar-refractivity contribution in [2.45, 2.75) is 114 Å². The molecule has 0 aliphatic carbocycles. The average molecular weight is 329 g/mol. The Balaban J connectivity index is 4.76. The number of rotatable bonds is 9. The first-order valence-electron chi connectivity index (χ1n) is 9.31. The predicted octanol–water partition coefficient (Wildman–Crippen LogP) is 6.47. The van der Waals surface area contributed by atoms with Gasteiger partial charge in [-0.05, 0) is 63.7 Å². The molecular formula is C21H44O2. The van der Waals surface area contributed by atoms with E-state index in [4.69, 9.17) is 9.47 Å². The Morgan fingerprint density at radius 3 is 1.61 bits per heavy atom. The van der Waals surface area contributed by atoms with Gasteiger partial charge in [0.05, 0.1) is 17.8 Å². The van der Waals surface area contributed by atoms with Crippen LogP contribution < -0.4 is 0 Å². The first-order chi connectivity index (χ1) is 10.0. The molecule has 23 heavy (non-hydrogen) atoms. The van der Waals surface area contributed by atoms with E-state index in [0.717, 1.165) is 19.4 Å². The minimum Gasteiger partial charge on any atom is -0.379 e. The molecule has 0 rings (SSSR count). The molecule has 0 aliphatic heterocycles. The maximum absolute atomic E-state index is 6.54. The maximum atomic E-state index is 6.54. The van der Waals surface area contributed by atoms with E-state index in [-0.39, 0.29) is 27.9 Å². The SMILES string of the molecule is CC(C)OCCC(C)(C)C(C)(C)OC(C)CC(C)(C)C(C)(C)C. The van der Waals surface area contributed by atoms with Crippen molar-refractivity contribution in [3.05, 3.63) is 0 Å². The van der Waals surface area contributed by atoms with Gasteiger partial charge < -0.3 is 9.47 Å². The van der Waals surface area contributed by atoms with E-state index in [9.17, 15) is 0 Å². The van der Waals surface area contributed by atoms with Gasteiger partial charge in [0, 0.05) is 6.61 Å². The molecule has 0 aromatic heterocycles. The van der Waals surface area contributed by atoms with E-state index < -0.39 is 0 Å². The Morgan fingerprint density at radius 1 is 0.739 bits per heavy atom. The summed E-state index contributed by atoms with van der Waals surface area (Å²) >= 11 is 0. The second kappa shape index (κ2) is 7.87. The van der Waals surface area contributed by atoms with Crippen molar-refractivity contribution in [2.24, 2.45) is 16.2 Å². The average Bonchev–Trinajstić information content (AvgIpc) is 2.23. The third-order valence-corrected chi connectivity index (χ3v) is 6.13. The van der Waals surface area contributed by atoms with Gasteiger partial charge in [-0.3, -0.25) is 0 Å². The molecule has 1 atom stereocenters. The van der Waals surface area contributed by atoms with Crippen molar-refractivity contribution in [1.29, 1.82) is 0 Å². The van der Waals surface area contributed by atoms with Crippen molar-refractivity contribution in [2.75, 3.05) is 6.61 Å². The Morgan fingerprint density at radius 2 is 1.22 bits per heavy atom. The molecule has 0 aliphatic rings. The molecule has 2 heteroatoms. The summed E-state index contributed by atoms with van der Waals surface area (Å²) in [7, 11) is 0. The molecule has 0 amide bonds. The quantitative estimate of drug-likeness (QED) is 0.482. The summed E-state index contributed by atoms with van der Waals surface area (Å²) in [4.78, 5) is 0. The third kappa shape index (κ3) is 7.13. The molecule has 2 nitrogen and oxygen atoms in total. The highest BCUT2D eigenvalue weighted by molar-refractivity contribution is 4.90. The lowest BCUT2D eigenvalue weighted by atomic mass is 9.66. The van der Waals surface area contributed by atoms with Crippen LogP contribution in [-0.4, -0.2) is 24.4 Å². The first-order valence-corrected chi connectivity index (χ1v) is 9.31. The lowest BCUT2D eigenvalue weighted by Gasteiger charge is -2.46. The molecule has 0 saturated carbocycles. The van der Waals surface area contributed by atoms with Gasteiger partial charge in [0.1, 0.15) is 0 Å². The molecule has 0 N–H and O–H groups in total. The summed E-state index contributed by atoms with van der Waals surface area (Å²) in [5.41, 5.74) is 0.408. The summed E-state index contributed by atoms with van der Waals surface area (Å²) in [6.45, 7) is 27.9. The molecule has 0 aromatic rings. The fourth-order valence-electron chi connectivity index (χ4n) is 2.58. The van der Waals surface area contributed by atoms with Gasteiger partial charge in [-0.1, -0.05) is 48.5 Å². The van der Waals surface area contributed by atoms with Crippen molar-refractivity contribution in [3.63, 3.8) is 0 Å². The standard InChI is InChI=1S/C21H44O2/c1-16(2)22-14-13-19(7,8)21(11,12)23-17(3)15-20(9,10)18(4,5)6/h16-17H,13-15H2,1-12H3. The minimum atomic E-state index is -0.180. The highest BCUT2D eigenvalue weighted by Crippen LogP contribution is 2.44. The van der Waals surface area contributed by atoms with Crippen LogP contribution in [0.15, 0.2) is 0 Å². The van der Waals surface area contributed by atoms with E-state index in [1.807, 2.05) is 0 Å². The monoisotopic (exact) mass is 328 g/mol. The van der Waals surface area contributed by atoms with E-state index in [2.05, 4.69) is 83.1 Å². The summed E-state index contributed by atoms with van der Waals surface area (Å²) in [6.07, 6.45) is 2.61. The predicted molar refractivity (Wildman–Crippen MR) is 102 cm³/mol. The molecule has 0 fully saturated rings. The van der Waals surface area contributed by atoms with Gasteiger partial charge in [-0.25, -0.2) is 0 Å². The molecule has 0 spiro atoms. The van der Waals surface area contributed by atoms with Crippen LogP contribution in [0.25, 0.3) is 0 Å². The topological polar surface area (TPSA) is 18.5 Å². The van der Waals surface area contributed by atoms with Gasteiger partial charge in [-0.2, -0.15) is 0 Å². The largest absolute Gasteiger partial charge is 0.379 e. The van der Waals surface area contributed by atoms with Crippen LogP contribution in [0.3, 0.4) is 0 Å². The van der Waals surface area contributed by atoms with Crippen LogP contribution >= 0.6 is 0 Å². The van der Waals surface area contributed by atoms with Crippen molar-refractivity contribution in [3.8, 4) is 0 Å². The van der Waals surface area contributed by atoms with E-state index in [0.29, 0.717) is 6.10 Å². The van der Waals surface area contributed by atoms with Gasteiger partial charge in [0.25, 0.3) is 0 Å². The highest BCUT2D eigenvalue weighted by atomic mass is 16.5. The molecular weight excluding hydrogens is 284 g/mol. The van der Waals surface area contributed by atoms with Crippen molar-refractivity contribution < 1.29 is 9.47 Å². The normalized spacial score (nSPS) is 16.0. The minimum absolute atomic E-state index is 0.0715. The maximum Gasteiger partial charge on any atom is 0.0681 e. The Kier molecular flexibility index (Phi) is 7.84. The van der Waals surface area contributed by atoms with Crippen LogP contribution in [-0.2, 0) is 9.47 Å². The fourth-order valence-corrected chi connectivity index (χ4v) is 2.58. The molecule has 0 heterocycles. The second-order valence-electron chi connectivity index (χ2n) is 10.3. The summed E-state index contributed by atoms with van der Waals surface area (Å²) in [5, 5.41) is 0. The van der Waals surface area contributed by atoms with Crippen LogP contribution in [0.1, 0.15) is 95.9 Å². The highest BCUT2D eigenvalue weighted by Gasteiger charge is 2.41. The van der Waals surface area contributed by atoms with E-state index >= 15 is 0 Å². The van der Waals surface area contributed by atoms with Gasteiger partial charge >= 0.3 is 0 Å². The van der Waals surface area contributed by atoms with Crippen LogP contribution in [0.5, 0.6) is 0 Å². The van der Waals surface area contributed by atoms with Crippen molar-refractivity contribution in [1.82, 2.24) is 0 Å². The number of hydrogen-bond donors (Lipinski definition) is 0. The van der Waals surface area contributed by atoms with E-state index in [1.165, 1.54) is 0 Å². The van der Waals surface area contributed by atoms with Crippen molar-refractivity contribution >= 4 is 0 Å². The Bertz CT molecular complexity index is 345. The van der Waals surface area contributed by atoms with Crippen LogP contribution in [0.2, 0.25) is 0 Å². The van der Waals surface area contributed by atoms with Gasteiger partial charge in [-0.15, -0.1) is 0 Å². The fraction of sp³-hybridized carbons (Fsp3) is 1.00. The van der Waals surface area contributed by atoms with Crippen LogP contribution in [0, 0.1) is 16.2 Å². The zero-order valence-electron chi connectivity index (χ0n) is 18.1. The molecule has 140 valence electrons. The Labute approximate surface area is 146 Å². The molecule has 1 unspecified atom stereocenters. The molecule has 0 saturated heterocycles. The lowest BCUT2D eigenvalue weighted by molar-refractivity contribution is -0.151. The summed E-state index contributed by atoms with van der Waals surface area (Å²) in [5.74, 6) is 0. The molecule has 0 bridgehead atoms.